The molecule has 1 aliphatic rings. The van der Waals surface area contributed by atoms with Gasteiger partial charge in [-0.3, -0.25) is 4.79 Å². The van der Waals surface area contributed by atoms with Crippen LogP contribution in [0.1, 0.15) is 22.9 Å². The zero-order valence-electron chi connectivity index (χ0n) is 16.0. The summed E-state index contributed by atoms with van der Waals surface area (Å²) in [5.74, 6) is 0.625. The highest BCUT2D eigenvalue weighted by Gasteiger charge is 2.34. The first-order valence-electron chi connectivity index (χ1n) is 9.93. The van der Waals surface area contributed by atoms with E-state index in [4.69, 9.17) is 0 Å². The molecular weight excluding hydrogens is 376 g/mol. The van der Waals surface area contributed by atoms with Crippen molar-refractivity contribution in [3.8, 4) is 0 Å². The molecule has 0 radical (unpaired) electrons. The van der Waals surface area contributed by atoms with Crippen LogP contribution >= 0.6 is 11.8 Å². The van der Waals surface area contributed by atoms with E-state index in [1.54, 1.807) is 11.8 Å². The van der Waals surface area contributed by atoms with Crippen LogP contribution in [-0.2, 0) is 11.2 Å². The lowest BCUT2D eigenvalue weighted by atomic mass is 9.92. The molecule has 4 heteroatoms. The van der Waals surface area contributed by atoms with E-state index in [1.165, 1.54) is 10.9 Å². The van der Waals surface area contributed by atoms with Gasteiger partial charge in [0.1, 0.15) is 0 Å². The maximum Gasteiger partial charge on any atom is 0.233 e. The highest BCUT2D eigenvalue weighted by molar-refractivity contribution is 8.00. The van der Waals surface area contributed by atoms with Crippen LogP contribution in [0.5, 0.6) is 0 Å². The van der Waals surface area contributed by atoms with E-state index in [0.29, 0.717) is 5.75 Å². The number of amides is 1. The topological polar surface area (TPSA) is 36.1 Å². The van der Waals surface area contributed by atoms with Crippen LogP contribution in [0.4, 0.5) is 0 Å². The van der Waals surface area contributed by atoms with Gasteiger partial charge in [0.15, 0.2) is 0 Å². The summed E-state index contributed by atoms with van der Waals surface area (Å²) in [7, 11) is 0. The van der Waals surface area contributed by atoms with Gasteiger partial charge in [-0.15, -0.1) is 11.8 Å². The molecule has 2 heterocycles. The number of nitrogens with zero attached hydrogens (tertiary/aromatic N) is 1. The number of para-hydroxylation sites is 1. The van der Waals surface area contributed by atoms with E-state index in [-0.39, 0.29) is 11.9 Å². The number of benzene rings is 3. The molecule has 144 valence electrons. The quantitative estimate of drug-likeness (QED) is 0.465. The first kappa shape index (κ1) is 18.1. The van der Waals surface area contributed by atoms with E-state index in [0.717, 1.165) is 34.6 Å². The third-order valence-corrected chi connectivity index (χ3v) is 6.57. The van der Waals surface area contributed by atoms with Gasteiger partial charge in [-0.05, 0) is 35.7 Å². The van der Waals surface area contributed by atoms with Gasteiger partial charge in [0, 0.05) is 28.0 Å². The van der Waals surface area contributed by atoms with Crippen molar-refractivity contribution in [1.29, 1.82) is 0 Å². The van der Waals surface area contributed by atoms with Gasteiger partial charge in [-0.25, -0.2) is 0 Å². The Morgan fingerprint density at radius 3 is 2.41 bits per heavy atom. The van der Waals surface area contributed by atoms with Crippen LogP contribution in [0.3, 0.4) is 0 Å². The highest BCUT2D eigenvalue weighted by Crippen LogP contribution is 2.38. The Balaban J connectivity index is 1.50. The molecule has 0 bridgehead atoms. The number of carbonyl (C=O) groups excluding carboxylic acids is 1. The lowest BCUT2D eigenvalue weighted by Crippen LogP contribution is -2.41. The number of fused-ring (bicyclic) bond motifs is 3. The van der Waals surface area contributed by atoms with Crippen LogP contribution < -0.4 is 0 Å². The van der Waals surface area contributed by atoms with E-state index in [9.17, 15) is 4.79 Å². The van der Waals surface area contributed by atoms with Crippen molar-refractivity contribution in [3.05, 3.63) is 102 Å². The Morgan fingerprint density at radius 2 is 1.62 bits per heavy atom. The maximum absolute atomic E-state index is 13.3. The largest absolute Gasteiger partial charge is 0.356 e. The van der Waals surface area contributed by atoms with Crippen molar-refractivity contribution < 1.29 is 4.79 Å². The number of hydrogen-bond donors (Lipinski definition) is 1. The van der Waals surface area contributed by atoms with Gasteiger partial charge in [0.05, 0.1) is 11.8 Å². The standard InChI is InChI=1S/C25H22N2OS/c28-23(17-29-19-11-5-2-6-12-19)27-16-15-21-20-13-7-8-14-22(20)26-24(21)25(27)18-9-3-1-4-10-18/h1-14,25-26H,15-17H2. The highest BCUT2D eigenvalue weighted by atomic mass is 32.2. The number of hydrogen-bond acceptors (Lipinski definition) is 2. The zero-order valence-corrected chi connectivity index (χ0v) is 16.9. The molecule has 3 nitrogen and oxygen atoms in total. The summed E-state index contributed by atoms with van der Waals surface area (Å²) < 4.78 is 0. The first-order valence-corrected chi connectivity index (χ1v) is 10.9. The fourth-order valence-electron chi connectivity index (χ4n) is 4.24. The number of rotatable bonds is 4. The molecule has 1 amide bonds. The van der Waals surface area contributed by atoms with E-state index >= 15 is 0 Å². The van der Waals surface area contributed by atoms with Crippen molar-refractivity contribution in [3.63, 3.8) is 0 Å². The Hall–Kier alpha value is -2.98. The van der Waals surface area contributed by atoms with Crippen LogP contribution in [0.2, 0.25) is 0 Å². The van der Waals surface area contributed by atoms with Crippen LogP contribution in [0.15, 0.2) is 89.8 Å². The smallest absolute Gasteiger partial charge is 0.233 e. The molecule has 0 spiro atoms. The Kier molecular flexibility index (Phi) is 4.86. The van der Waals surface area contributed by atoms with Crippen LogP contribution in [0.25, 0.3) is 10.9 Å². The lowest BCUT2D eigenvalue weighted by molar-refractivity contribution is -0.130. The summed E-state index contributed by atoms with van der Waals surface area (Å²) >= 11 is 1.60. The molecule has 4 aromatic rings. The summed E-state index contributed by atoms with van der Waals surface area (Å²) in [4.78, 5) is 20.1. The summed E-state index contributed by atoms with van der Waals surface area (Å²) in [6.45, 7) is 0.739. The van der Waals surface area contributed by atoms with Gasteiger partial charge >= 0.3 is 0 Å². The lowest BCUT2D eigenvalue weighted by Gasteiger charge is -2.36. The number of thioether (sulfide) groups is 1. The van der Waals surface area contributed by atoms with Gasteiger partial charge in [-0.2, -0.15) is 0 Å². The second-order valence-electron chi connectivity index (χ2n) is 7.31. The van der Waals surface area contributed by atoms with Gasteiger partial charge < -0.3 is 9.88 Å². The summed E-state index contributed by atoms with van der Waals surface area (Å²) in [5, 5.41) is 1.27. The second kappa shape index (κ2) is 7.80. The average molecular weight is 399 g/mol. The minimum atomic E-state index is -0.0729. The molecule has 1 unspecified atom stereocenters. The van der Waals surface area contributed by atoms with E-state index in [2.05, 4.69) is 53.5 Å². The number of aromatic amines is 1. The van der Waals surface area contributed by atoms with Crippen molar-refractivity contribution in [2.24, 2.45) is 0 Å². The number of nitrogens with one attached hydrogen (secondary N) is 1. The Morgan fingerprint density at radius 1 is 0.931 bits per heavy atom. The summed E-state index contributed by atoms with van der Waals surface area (Å²) in [5.41, 5.74) is 4.79. The van der Waals surface area contributed by atoms with Crippen LogP contribution in [0, 0.1) is 0 Å². The van der Waals surface area contributed by atoms with Crippen molar-refractivity contribution in [1.82, 2.24) is 9.88 Å². The molecule has 1 atom stereocenters. The predicted molar refractivity (Wildman–Crippen MR) is 119 cm³/mol. The molecule has 0 saturated carbocycles. The molecule has 5 rings (SSSR count). The Bertz CT molecular complexity index is 1140. The van der Waals surface area contributed by atoms with Crippen molar-refractivity contribution in [2.45, 2.75) is 17.4 Å². The molecule has 3 aromatic carbocycles. The van der Waals surface area contributed by atoms with Crippen molar-refractivity contribution in [2.75, 3.05) is 12.3 Å². The fourth-order valence-corrected chi connectivity index (χ4v) is 5.04. The molecule has 0 aliphatic carbocycles. The predicted octanol–water partition coefficient (Wildman–Crippen LogP) is 5.43. The van der Waals surface area contributed by atoms with Gasteiger partial charge in [0.2, 0.25) is 5.91 Å². The molecule has 1 N–H and O–H groups in total. The maximum atomic E-state index is 13.3. The molecule has 0 fully saturated rings. The number of H-pyrrole nitrogens is 1. The van der Waals surface area contributed by atoms with E-state index in [1.807, 2.05) is 41.3 Å². The molecule has 0 saturated heterocycles. The SMILES string of the molecule is O=C(CSc1ccccc1)N1CCc2c([nH]c3ccccc23)C1c1ccccc1. The number of carbonyl (C=O) groups is 1. The van der Waals surface area contributed by atoms with Gasteiger partial charge in [0.25, 0.3) is 0 Å². The summed E-state index contributed by atoms with van der Waals surface area (Å²) in [6.07, 6.45) is 0.879. The minimum Gasteiger partial charge on any atom is -0.356 e. The summed E-state index contributed by atoms with van der Waals surface area (Å²) in [6, 6.07) is 28.9. The average Bonchev–Trinajstić information content (AvgIpc) is 3.17. The monoisotopic (exact) mass is 398 g/mol. The normalized spacial score (nSPS) is 16.0. The first-order chi connectivity index (χ1) is 14.3. The molecule has 1 aliphatic heterocycles. The third-order valence-electron chi connectivity index (χ3n) is 5.58. The van der Waals surface area contributed by atoms with Crippen molar-refractivity contribution >= 4 is 28.6 Å². The minimum absolute atomic E-state index is 0.0729. The van der Waals surface area contributed by atoms with Crippen LogP contribution in [-0.4, -0.2) is 28.1 Å². The Labute approximate surface area is 174 Å². The molecule has 29 heavy (non-hydrogen) atoms. The van der Waals surface area contributed by atoms with Gasteiger partial charge in [-0.1, -0.05) is 66.7 Å². The third kappa shape index (κ3) is 3.45. The fraction of sp³-hybridized carbons (Fsp3) is 0.160. The molecular formula is C25H22N2OS. The second-order valence-corrected chi connectivity index (χ2v) is 8.36. The number of aromatic nitrogens is 1. The zero-order chi connectivity index (χ0) is 19.6. The van der Waals surface area contributed by atoms with E-state index < -0.39 is 0 Å². The molecule has 1 aromatic heterocycles.